The van der Waals surface area contributed by atoms with E-state index in [1.54, 1.807) is 32.9 Å². The second-order valence-electron chi connectivity index (χ2n) is 11.0. The number of fused-ring (bicyclic) bond motifs is 1. The van der Waals surface area contributed by atoms with Crippen LogP contribution in [-0.2, 0) is 43.2 Å². The average Bonchev–Trinajstić information content (AvgIpc) is 2.87. The lowest BCUT2D eigenvalue weighted by molar-refractivity contribution is -0.144. The molecule has 3 rings (SSSR count). The molecule has 0 spiro atoms. The normalized spacial score (nSPS) is 15.4. The molecule has 2 atom stereocenters. The van der Waals surface area contributed by atoms with Crippen molar-refractivity contribution in [2.24, 2.45) is 0 Å². The molecule has 0 saturated carbocycles. The molecule has 3 amide bonds. The van der Waals surface area contributed by atoms with Gasteiger partial charge in [0.25, 0.3) is 0 Å². The lowest BCUT2D eigenvalue weighted by atomic mass is 9.91. The highest BCUT2D eigenvalue weighted by molar-refractivity contribution is 5.92. The summed E-state index contributed by atoms with van der Waals surface area (Å²) >= 11 is 0. The molecule has 40 heavy (non-hydrogen) atoms. The molecular formula is C30H39N3O7. The average molecular weight is 554 g/mol. The SMILES string of the molecule is COC(=O)CCNC(=O)[C@@H]1Cc2ccccc2CN1C(=O)[C@H](Cc1c(C)cc(O)cc1C)NC(=O)OC(C)(C)C. The molecule has 2 aromatic rings. The van der Waals surface area contributed by atoms with Crippen LogP contribution in [0.15, 0.2) is 36.4 Å². The van der Waals surface area contributed by atoms with E-state index in [2.05, 4.69) is 15.4 Å². The highest BCUT2D eigenvalue weighted by Crippen LogP contribution is 2.27. The summed E-state index contributed by atoms with van der Waals surface area (Å²) < 4.78 is 10.1. The first-order chi connectivity index (χ1) is 18.8. The minimum Gasteiger partial charge on any atom is -0.508 e. The molecule has 0 radical (unpaired) electrons. The van der Waals surface area contributed by atoms with Crippen molar-refractivity contribution >= 4 is 23.9 Å². The van der Waals surface area contributed by atoms with Crippen LogP contribution in [0.5, 0.6) is 5.75 Å². The second-order valence-corrected chi connectivity index (χ2v) is 11.0. The number of aromatic hydroxyl groups is 1. The van der Waals surface area contributed by atoms with Crippen LogP contribution in [0.3, 0.4) is 0 Å². The largest absolute Gasteiger partial charge is 0.508 e. The van der Waals surface area contributed by atoms with Gasteiger partial charge in [0.1, 0.15) is 23.4 Å². The zero-order valence-electron chi connectivity index (χ0n) is 24.0. The van der Waals surface area contributed by atoms with E-state index < -0.39 is 41.6 Å². The van der Waals surface area contributed by atoms with Gasteiger partial charge in [0.05, 0.1) is 13.5 Å². The van der Waals surface area contributed by atoms with Gasteiger partial charge >= 0.3 is 12.1 Å². The Labute approximate surface area is 235 Å². The fourth-order valence-corrected chi connectivity index (χ4v) is 4.84. The van der Waals surface area contributed by atoms with Crippen LogP contribution >= 0.6 is 0 Å². The molecule has 0 unspecified atom stereocenters. The topological polar surface area (TPSA) is 134 Å². The maximum atomic E-state index is 14.2. The molecule has 10 nitrogen and oxygen atoms in total. The predicted molar refractivity (Wildman–Crippen MR) is 149 cm³/mol. The highest BCUT2D eigenvalue weighted by Gasteiger charge is 2.38. The van der Waals surface area contributed by atoms with Crippen LogP contribution < -0.4 is 10.6 Å². The summed E-state index contributed by atoms with van der Waals surface area (Å²) in [6.45, 7) is 9.08. The van der Waals surface area contributed by atoms with E-state index in [4.69, 9.17) is 4.74 Å². The number of rotatable bonds is 8. The molecule has 0 bridgehead atoms. The molecule has 216 valence electrons. The van der Waals surface area contributed by atoms with E-state index in [0.29, 0.717) is 0 Å². The molecule has 1 aliphatic rings. The number of alkyl carbamates (subject to hydrolysis) is 1. The van der Waals surface area contributed by atoms with Crippen molar-refractivity contribution in [1.82, 2.24) is 15.5 Å². The first kappa shape index (κ1) is 30.5. The number of phenolic OH excluding ortho intramolecular Hbond substituents is 1. The molecule has 1 heterocycles. The minimum atomic E-state index is -1.05. The molecule has 0 saturated heterocycles. The Kier molecular flexibility index (Phi) is 9.78. The number of esters is 1. The summed E-state index contributed by atoms with van der Waals surface area (Å²) in [6, 6.07) is 8.89. The van der Waals surface area contributed by atoms with Crippen LogP contribution in [0, 0.1) is 13.8 Å². The molecular weight excluding hydrogens is 514 g/mol. The Morgan fingerprint density at radius 1 is 1.07 bits per heavy atom. The number of nitrogens with one attached hydrogen (secondary N) is 2. The Hall–Kier alpha value is -4.08. The standard InChI is InChI=1S/C30H39N3O7/c1-18-13-22(34)14-19(2)23(18)16-24(32-29(38)40-30(3,4)5)28(37)33-17-21-10-8-7-9-20(21)15-25(33)27(36)31-12-11-26(35)39-6/h7-10,13-14,24-25,34H,11-12,15-17H2,1-6H3,(H,31,36)(H,32,38)/t24-,25-/m0/s1. The lowest BCUT2D eigenvalue weighted by Gasteiger charge is -2.38. The number of carbonyl (C=O) groups is 4. The summed E-state index contributed by atoms with van der Waals surface area (Å²) in [7, 11) is 1.28. The maximum Gasteiger partial charge on any atom is 0.408 e. The number of benzene rings is 2. The van der Waals surface area contributed by atoms with E-state index in [-0.39, 0.29) is 38.1 Å². The van der Waals surface area contributed by atoms with Gasteiger partial charge < -0.3 is 30.1 Å². The summed E-state index contributed by atoms with van der Waals surface area (Å²) in [6.07, 6.45) is -0.342. The molecule has 3 N–H and O–H groups in total. The number of phenols is 1. The third-order valence-electron chi connectivity index (χ3n) is 6.77. The Balaban J connectivity index is 1.95. The van der Waals surface area contributed by atoms with Crippen LogP contribution in [0.1, 0.15) is 55.0 Å². The summed E-state index contributed by atoms with van der Waals surface area (Å²) in [5.41, 5.74) is 3.39. The second kappa shape index (κ2) is 12.8. The zero-order valence-corrected chi connectivity index (χ0v) is 24.0. The van der Waals surface area contributed by atoms with Crippen molar-refractivity contribution in [2.45, 2.75) is 78.1 Å². The van der Waals surface area contributed by atoms with Crippen molar-refractivity contribution in [3.05, 3.63) is 64.2 Å². The van der Waals surface area contributed by atoms with Crippen LogP contribution in [0.25, 0.3) is 0 Å². The van der Waals surface area contributed by atoms with Crippen LogP contribution in [-0.4, -0.2) is 65.2 Å². The van der Waals surface area contributed by atoms with Crippen molar-refractivity contribution < 1.29 is 33.8 Å². The zero-order chi connectivity index (χ0) is 29.6. The molecule has 2 aromatic carbocycles. The van der Waals surface area contributed by atoms with Crippen molar-refractivity contribution in [2.75, 3.05) is 13.7 Å². The van der Waals surface area contributed by atoms with Gasteiger partial charge in [-0.15, -0.1) is 0 Å². The summed E-state index contributed by atoms with van der Waals surface area (Å²) in [4.78, 5) is 53.4. The van der Waals surface area contributed by atoms with E-state index in [1.165, 1.54) is 12.0 Å². The Morgan fingerprint density at radius 3 is 2.30 bits per heavy atom. The number of nitrogens with zero attached hydrogens (tertiary/aromatic N) is 1. The first-order valence-corrected chi connectivity index (χ1v) is 13.3. The Morgan fingerprint density at radius 2 is 1.70 bits per heavy atom. The number of carbonyl (C=O) groups excluding carboxylic acids is 4. The van der Waals surface area contributed by atoms with Crippen LogP contribution in [0.4, 0.5) is 4.79 Å². The predicted octanol–water partition coefficient (Wildman–Crippen LogP) is 3.08. The number of amides is 3. The van der Waals surface area contributed by atoms with Gasteiger partial charge in [-0.1, -0.05) is 24.3 Å². The van der Waals surface area contributed by atoms with Gasteiger partial charge in [0.2, 0.25) is 11.8 Å². The number of hydrogen-bond donors (Lipinski definition) is 3. The van der Waals surface area contributed by atoms with Gasteiger partial charge in [-0.05, 0) is 74.6 Å². The third kappa shape index (κ3) is 7.97. The lowest BCUT2D eigenvalue weighted by Crippen LogP contribution is -2.58. The van der Waals surface area contributed by atoms with E-state index >= 15 is 0 Å². The number of methoxy groups -OCH3 is 1. The van der Waals surface area contributed by atoms with Gasteiger partial charge in [-0.25, -0.2) is 4.79 Å². The molecule has 0 aliphatic carbocycles. The first-order valence-electron chi connectivity index (χ1n) is 13.3. The summed E-state index contributed by atoms with van der Waals surface area (Å²) in [5, 5.41) is 15.5. The minimum absolute atomic E-state index is 0.00171. The molecule has 1 aliphatic heterocycles. The molecule has 0 fully saturated rings. The molecule has 10 heteroatoms. The van der Waals surface area contributed by atoms with Crippen molar-refractivity contribution in [3.63, 3.8) is 0 Å². The van der Waals surface area contributed by atoms with Gasteiger partial charge in [-0.2, -0.15) is 0 Å². The smallest absolute Gasteiger partial charge is 0.408 e. The van der Waals surface area contributed by atoms with Gasteiger partial charge in [0.15, 0.2) is 0 Å². The van der Waals surface area contributed by atoms with E-state index in [1.807, 2.05) is 38.1 Å². The quantitative estimate of drug-likeness (QED) is 0.428. The third-order valence-corrected chi connectivity index (χ3v) is 6.77. The van der Waals surface area contributed by atoms with Crippen LogP contribution in [0.2, 0.25) is 0 Å². The van der Waals surface area contributed by atoms with Gasteiger partial charge in [0, 0.05) is 25.9 Å². The number of aryl methyl sites for hydroxylation is 2. The van der Waals surface area contributed by atoms with E-state index in [0.717, 1.165) is 27.8 Å². The van der Waals surface area contributed by atoms with Crippen molar-refractivity contribution in [3.8, 4) is 5.75 Å². The number of hydrogen-bond acceptors (Lipinski definition) is 7. The monoisotopic (exact) mass is 553 g/mol. The Bertz CT molecular complexity index is 1250. The van der Waals surface area contributed by atoms with E-state index in [9.17, 15) is 24.3 Å². The van der Waals surface area contributed by atoms with Crippen molar-refractivity contribution in [1.29, 1.82) is 0 Å². The summed E-state index contributed by atoms with van der Waals surface area (Å²) in [5.74, 6) is -1.19. The highest BCUT2D eigenvalue weighted by atomic mass is 16.6. The fraction of sp³-hybridized carbons (Fsp3) is 0.467. The molecule has 0 aromatic heterocycles. The fourth-order valence-electron chi connectivity index (χ4n) is 4.84. The maximum absolute atomic E-state index is 14.2. The van der Waals surface area contributed by atoms with Gasteiger partial charge in [-0.3, -0.25) is 14.4 Å². The number of ether oxygens (including phenoxy) is 2.